The molecule has 11 heteroatoms. The zero-order valence-corrected chi connectivity index (χ0v) is 21.2. The predicted octanol–water partition coefficient (Wildman–Crippen LogP) is -0.270. The number of likely N-dealkylation sites (N-methyl/N-ethyl adjacent to an activating group) is 1. The van der Waals surface area contributed by atoms with Crippen LogP contribution in [0, 0.1) is 5.92 Å². The van der Waals surface area contributed by atoms with Crippen LogP contribution in [0.15, 0.2) is 18.7 Å². The van der Waals surface area contributed by atoms with Crippen LogP contribution in [0.1, 0.15) is 46.5 Å². The summed E-state index contributed by atoms with van der Waals surface area (Å²) in [6.07, 6.45) is 7.43. The zero-order chi connectivity index (χ0) is 25.5. The lowest BCUT2D eigenvalue weighted by molar-refractivity contribution is -0.147. The van der Waals surface area contributed by atoms with E-state index in [0.29, 0.717) is 45.3 Å². The third-order valence-corrected chi connectivity index (χ3v) is 6.80. The Kier molecular flexibility index (Phi) is 9.25. The standard InChI is InChI=1S/C24H39N7O4/c1-16(2)13-21(32)30-10-7-18-5-6-20(23(34)27-9-12-29-11-8-26-15-29)31(18)24(35)19(14-30)28-22(33)17(3)25-4/h8,11,15-20,25H,5-7,9-10,12-14H2,1-4H3,(H,27,34)(H,28,33)/t17-,18?,19-,20-/m0/s1. The van der Waals surface area contributed by atoms with Gasteiger partial charge in [-0.05, 0) is 39.2 Å². The van der Waals surface area contributed by atoms with E-state index < -0.39 is 18.1 Å². The number of fused-ring (bicyclic) bond motifs is 1. The van der Waals surface area contributed by atoms with Crippen molar-refractivity contribution in [2.24, 2.45) is 5.92 Å². The summed E-state index contributed by atoms with van der Waals surface area (Å²) in [5.41, 5.74) is 0. The summed E-state index contributed by atoms with van der Waals surface area (Å²) in [6, 6.07) is -2.14. The van der Waals surface area contributed by atoms with E-state index in [9.17, 15) is 19.2 Å². The molecule has 2 aliphatic rings. The number of nitrogens with zero attached hydrogens (tertiary/aromatic N) is 4. The second-order valence-corrected chi connectivity index (χ2v) is 9.88. The van der Waals surface area contributed by atoms with Crippen LogP contribution in [0.3, 0.4) is 0 Å². The number of hydrogen-bond acceptors (Lipinski definition) is 6. The highest BCUT2D eigenvalue weighted by Gasteiger charge is 2.45. The molecule has 3 heterocycles. The van der Waals surface area contributed by atoms with Crippen LogP contribution < -0.4 is 16.0 Å². The molecule has 4 atom stereocenters. The van der Waals surface area contributed by atoms with Crippen molar-refractivity contribution >= 4 is 23.6 Å². The van der Waals surface area contributed by atoms with E-state index in [4.69, 9.17) is 0 Å². The first kappa shape index (κ1) is 26.7. The minimum atomic E-state index is -0.906. The van der Waals surface area contributed by atoms with E-state index in [1.54, 1.807) is 36.3 Å². The average molecular weight is 490 g/mol. The molecule has 0 bridgehead atoms. The van der Waals surface area contributed by atoms with Gasteiger partial charge in [0.2, 0.25) is 23.6 Å². The third-order valence-electron chi connectivity index (χ3n) is 6.80. The van der Waals surface area contributed by atoms with Gasteiger partial charge in [0.05, 0.1) is 12.4 Å². The minimum absolute atomic E-state index is 0.0195. The lowest BCUT2D eigenvalue weighted by atomic mass is 10.0. The number of amides is 4. The zero-order valence-electron chi connectivity index (χ0n) is 21.2. The lowest BCUT2D eigenvalue weighted by Gasteiger charge is -2.39. The first-order chi connectivity index (χ1) is 16.7. The Morgan fingerprint density at radius 2 is 1.94 bits per heavy atom. The molecular formula is C24H39N7O4. The van der Waals surface area contributed by atoms with Gasteiger partial charge in [-0.2, -0.15) is 0 Å². The van der Waals surface area contributed by atoms with Gasteiger partial charge in [0, 0.05) is 51.0 Å². The van der Waals surface area contributed by atoms with Gasteiger partial charge in [-0.15, -0.1) is 0 Å². The molecule has 0 aliphatic carbocycles. The van der Waals surface area contributed by atoms with Crippen molar-refractivity contribution in [3.8, 4) is 0 Å². The van der Waals surface area contributed by atoms with Gasteiger partial charge in [0.1, 0.15) is 12.1 Å². The molecule has 0 spiro atoms. The Morgan fingerprint density at radius 1 is 1.17 bits per heavy atom. The summed E-state index contributed by atoms with van der Waals surface area (Å²) in [5.74, 6) is -0.642. The van der Waals surface area contributed by atoms with E-state index in [1.165, 1.54) is 0 Å². The Balaban J connectivity index is 1.75. The highest BCUT2D eigenvalue weighted by atomic mass is 16.2. The van der Waals surface area contributed by atoms with Crippen molar-refractivity contribution in [3.05, 3.63) is 18.7 Å². The van der Waals surface area contributed by atoms with Crippen LogP contribution in [0.2, 0.25) is 0 Å². The smallest absolute Gasteiger partial charge is 0.247 e. The SMILES string of the molecule is CN[C@@H](C)C(=O)N[C@H]1CN(C(=O)CC(C)C)CCC2CC[C@@H](C(=O)NCCn3ccnc3)N2C1=O. The molecule has 11 nitrogen and oxygen atoms in total. The quantitative estimate of drug-likeness (QED) is 0.438. The molecule has 1 aromatic heterocycles. The lowest BCUT2D eigenvalue weighted by Crippen LogP contribution is -2.62. The topological polar surface area (TPSA) is 129 Å². The molecule has 1 unspecified atom stereocenters. The van der Waals surface area contributed by atoms with E-state index in [1.807, 2.05) is 24.6 Å². The molecule has 2 saturated heterocycles. The second kappa shape index (κ2) is 12.1. The van der Waals surface area contributed by atoms with Gasteiger partial charge in [-0.25, -0.2) is 4.98 Å². The molecule has 4 amide bonds. The molecule has 35 heavy (non-hydrogen) atoms. The van der Waals surface area contributed by atoms with Crippen LogP contribution >= 0.6 is 0 Å². The van der Waals surface area contributed by atoms with Crippen LogP contribution in [0.5, 0.6) is 0 Å². The number of carbonyl (C=O) groups is 4. The number of rotatable bonds is 9. The van der Waals surface area contributed by atoms with Crippen LogP contribution in [0.4, 0.5) is 0 Å². The summed E-state index contributed by atoms with van der Waals surface area (Å²) in [4.78, 5) is 59.7. The van der Waals surface area contributed by atoms with Gasteiger partial charge < -0.3 is 30.3 Å². The summed E-state index contributed by atoms with van der Waals surface area (Å²) in [5, 5.41) is 8.65. The van der Waals surface area contributed by atoms with E-state index in [-0.39, 0.29) is 42.1 Å². The average Bonchev–Trinajstić information content (AvgIpc) is 3.48. The molecule has 0 aromatic carbocycles. The Bertz CT molecular complexity index is 888. The maximum atomic E-state index is 13.8. The molecule has 0 saturated carbocycles. The number of carbonyl (C=O) groups excluding carboxylic acids is 4. The van der Waals surface area contributed by atoms with Gasteiger partial charge in [-0.3, -0.25) is 19.2 Å². The molecule has 0 radical (unpaired) electrons. The molecule has 2 aliphatic heterocycles. The van der Waals surface area contributed by atoms with Crippen LogP contribution in [0.25, 0.3) is 0 Å². The van der Waals surface area contributed by atoms with Crippen molar-refractivity contribution in [3.63, 3.8) is 0 Å². The molecular weight excluding hydrogens is 450 g/mol. The van der Waals surface area contributed by atoms with Crippen molar-refractivity contribution in [1.29, 1.82) is 0 Å². The number of nitrogens with one attached hydrogen (secondary N) is 3. The van der Waals surface area contributed by atoms with Gasteiger partial charge in [0.25, 0.3) is 0 Å². The normalized spacial score (nSPS) is 23.5. The fraction of sp³-hybridized carbons (Fsp3) is 0.708. The number of aromatic nitrogens is 2. The Morgan fingerprint density at radius 3 is 2.60 bits per heavy atom. The monoisotopic (exact) mass is 489 g/mol. The number of hydrogen-bond donors (Lipinski definition) is 3. The second-order valence-electron chi connectivity index (χ2n) is 9.88. The van der Waals surface area contributed by atoms with Gasteiger partial charge in [-0.1, -0.05) is 13.8 Å². The molecule has 1 aromatic rings. The molecule has 3 N–H and O–H groups in total. The van der Waals surface area contributed by atoms with Crippen molar-refractivity contribution in [1.82, 2.24) is 35.3 Å². The summed E-state index contributed by atoms with van der Waals surface area (Å²) in [6.45, 7) is 7.28. The highest BCUT2D eigenvalue weighted by Crippen LogP contribution is 2.29. The van der Waals surface area contributed by atoms with E-state index in [2.05, 4.69) is 20.9 Å². The fourth-order valence-corrected chi connectivity index (χ4v) is 4.72. The molecule has 2 fully saturated rings. The number of imidazole rings is 1. The van der Waals surface area contributed by atoms with Crippen molar-refractivity contribution < 1.29 is 19.2 Å². The maximum absolute atomic E-state index is 13.8. The van der Waals surface area contributed by atoms with Crippen molar-refractivity contribution in [2.75, 3.05) is 26.7 Å². The van der Waals surface area contributed by atoms with Gasteiger partial charge in [0.15, 0.2) is 0 Å². The predicted molar refractivity (Wildman–Crippen MR) is 130 cm³/mol. The third kappa shape index (κ3) is 6.81. The Hall–Kier alpha value is -2.95. The first-order valence-electron chi connectivity index (χ1n) is 12.5. The summed E-state index contributed by atoms with van der Waals surface area (Å²) < 4.78 is 1.87. The minimum Gasteiger partial charge on any atom is -0.353 e. The van der Waals surface area contributed by atoms with Gasteiger partial charge >= 0.3 is 0 Å². The first-order valence-corrected chi connectivity index (χ1v) is 12.5. The molecule has 3 rings (SSSR count). The molecule has 194 valence electrons. The summed E-state index contributed by atoms with van der Waals surface area (Å²) in [7, 11) is 1.67. The highest BCUT2D eigenvalue weighted by molar-refractivity contribution is 5.94. The fourth-order valence-electron chi connectivity index (χ4n) is 4.72. The van der Waals surface area contributed by atoms with Crippen LogP contribution in [-0.2, 0) is 25.7 Å². The largest absolute Gasteiger partial charge is 0.353 e. The summed E-state index contributed by atoms with van der Waals surface area (Å²) >= 11 is 0. The van der Waals surface area contributed by atoms with Crippen molar-refractivity contribution in [2.45, 2.75) is 77.2 Å². The maximum Gasteiger partial charge on any atom is 0.247 e. The van der Waals surface area contributed by atoms with E-state index >= 15 is 0 Å². The van der Waals surface area contributed by atoms with E-state index in [0.717, 1.165) is 0 Å². The Labute approximate surface area is 207 Å². The van der Waals surface area contributed by atoms with Crippen LogP contribution in [-0.4, -0.2) is 93.8 Å².